The zero-order chi connectivity index (χ0) is 14.7. The molecule has 20 heavy (non-hydrogen) atoms. The summed E-state index contributed by atoms with van der Waals surface area (Å²) in [6.45, 7) is 8.57. The van der Waals surface area contributed by atoms with E-state index in [-0.39, 0.29) is 5.82 Å². The van der Waals surface area contributed by atoms with E-state index >= 15 is 0 Å². The normalized spacial score (nSPS) is 10.7. The van der Waals surface area contributed by atoms with Crippen molar-refractivity contribution >= 4 is 5.82 Å². The van der Waals surface area contributed by atoms with Crippen LogP contribution in [0.5, 0.6) is 0 Å². The number of halogens is 1. The summed E-state index contributed by atoms with van der Waals surface area (Å²) in [5.41, 5.74) is 3.20. The molecule has 4 heteroatoms. The molecule has 0 saturated heterocycles. The van der Waals surface area contributed by atoms with Crippen molar-refractivity contribution in [3.05, 3.63) is 41.0 Å². The lowest BCUT2D eigenvalue weighted by atomic mass is 10.0. The quantitative estimate of drug-likeness (QED) is 0.914. The van der Waals surface area contributed by atoms with Gasteiger partial charge in [0.1, 0.15) is 17.5 Å². The van der Waals surface area contributed by atoms with Crippen LogP contribution in [0.4, 0.5) is 10.2 Å². The van der Waals surface area contributed by atoms with E-state index in [4.69, 9.17) is 0 Å². The van der Waals surface area contributed by atoms with Crippen molar-refractivity contribution in [2.75, 3.05) is 11.9 Å². The second kappa shape index (κ2) is 5.99. The largest absolute Gasteiger partial charge is 0.370 e. The first kappa shape index (κ1) is 14.4. The minimum absolute atomic E-state index is 0.207. The molecular weight excluding hydrogens is 253 g/mol. The molecule has 1 N–H and O–H groups in total. The molecule has 2 aromatic rings. The van der Waals surface area contributed by atoms with Crippen LogP contribution in [-0.4, -0.2) is 16.5 Å². The Morgan fingerprint density at radius 2 is 1.85 bits per heavy atom. The molecular formula is C16H20FN3. The Morgan fingerprint density at radius 3 is 2.55 bits per heavy atom. The highest BCUT2D eigenvalue weighted by atomic mass is 19.1. The predicted octanol–water partition coefficient (Wildman–Crippen LogP) is 4.03. The average molecular weight is 273 g/mol. The molecule has 1 heterocycles. The van der Waals surface area contributed by atoms with Crippen LogP contribution in [0, 0.1) is 26.6 Å². The highest BCUT2D eigenvalue weighted by Crippen LogP contribution is 2.29. The Kier molecular flexibility index (Phi) is 4.32. The fourth-order valence-electron chi connectivity index (χ4n) is 2.17. The van der Waals surface area contributed by atoms with Crippen molar-refractivity contribution in [1.29, 1.82) is 0 Å². The van der Waals surface area contributed by atoms with Gasteiger partial charge in [-0.25, -0.2) is 14.4 Å². The SMILES string of the molecule is CCCNc1nc(C)nc(-c2cccc(F)c2C)c1C. The van der Waals surface area contributed by atoms with E-state index in [9.17, 15) is 4.39 Å². The molecule has 0 fully saturated rings. The first-order chi connectivity index (χ1) is 9.54. The van der Waals surface area contributed by atoms with Crippen LogP contribution in [0.1, 0.15) is 30.3 Å². The van der Waals surface area contributed by atoms with Crippen LogP contribution in [0.25, 0.3) is 11.3 Å². The number of nitrogens with zero attached hydrogens (tertiary/aromatic N) is 2. The summed E-state index contributed by atoms with van der Waals surface area (Å²) in [5, 5.41) is 3.30. The Morgan fingerprint density at radius 1 is 1.10 bits per heavy atom. The van der Waals surface area contributed by atoms with E-state index < -0.39 is 0 Å². The maximum absolute atomic E-state index is 13.7. The second-order valence-corrected chi connectivity index (χ2v) is 4.93. The number of rotatable bonds is 4. The molecule has 1 aromatic heterocycles. The molecule has 0 radical (unpaired) electrons. The minimum atomic E-state index is -0.207. The number of hydrogen-bond acceptors (Lipinski definition) is 3. The first-order valence-electron chi connectivity index (χ1n) is 6.89. The van der Waals surface area contributed by atoms with Gasteiger partial charge in [0, 0.05) is 17.7 Å². The summed E-state index contributed by atoms with van der Waals surface area (Å²) in [6.07, 6.45) is 1.02. The van der Waals surface area contributed by atoms with Crippen molar-refractivity contribution < 1.29 is 4.39 Å². The fourth-order valence-corrected chi connectivity index (χ4v) is 2.17. The van der Waals surface area contributed by atoms with Gasteiger partial charge in [-0.05, 0) is 38.8 Å². The van der Waals surface area contributed by atoms with Crippen LogP contribution >= 0.6 is 0 Å². The number of aromatic nitrogens is 2. The first-order valence-corrected chi connectivity index (χ1v) is 6.89. The van der Waals surface area contributed by atoms with E-state index in [1.165, 1.54) is 6.07 Å². The Balaban J connectivity index is 2.56. The van der Waals surface area contributed by atoms with Crippen LogP contribution in [0.15, 0.2) is 18.2 Å². The number of aryl methyl sites for hydroxylation is 1. The lowest BCUT2D eigenvalue weighted by Gasteiger charge is -2.14. The van der Waals surface area contributed by atoms with Crippen molar-refractivity contribution in [1.82, 2.24) is 9.97 Å². The highest BCUT2D eigenvalue weighted by Gasteiger charge is 2.14. The summed E-state index contributed by atoms with van der Waals surface area (Å²) >= 11 is 0. The third-order valence-electron chi connectivity index (χ3n) is 3.32. The lowest BCUT2D eigenvalue weighted by Crippen LogP contribution is -2.08. The fraction of sp³-hybridized carbons (Fsp3) is 0.375. The summed E-state index contributed by atoms with van der Waals surface area (Å²) in [4.78, 5) is 8.93. The Hall–Kier alpha value is -1.97. The van der Waals surface area contributed by atoms with Crippen LogP contribution < -0.4 is 5.32 Å². The monoisotopic (exact) mass is 273 g/mol. The molecule has 0 aliphatic rings. The van der Waals surface area contributed by atoms with E-state index in [0.29, 0.717) is 11.4 Å². The molecule has 0 bridgehead atoms. The zero-order valence-corrected chi connectivity index (χ0v) is 12.4. The summed E-state index contributed by atoms with van der Waals surface area (Å²) in [6, 6.07) is 5.09. The standard InChI is InChI=1S/C16H20FN3/c1-5-9-18-16-11(3)15(19-12(4)20-16)13-7-6-8-14(17)10(13)2/h6-8H,5,9H2,1-4H3,(H,18,19,20). The zero-order valence-electron chi connectivity index (χ0n) is 12.4. The Bertz CT molecular complexity index is 623. The average Bonchev–Trinajstić information content (AvgIpc) is 2.42. The maximum atomic E-state index is 13.7. The van der Waals surface area contributed by atoms with E-state index in [1.807, 2.05) is 19.9 Å². The smallest absolute Gasteiger partial charge is 0.133 e. The van der Waals surface area contributed by atoms with Gasteiger partial charge >= 0.3 is 0 Å². The van der Waals surface area contributed by atoms with Crippen LogP contribution in [0.2, 0.25) is 0 Å². The van der Waals surface area contributed by atoms with Gasteiger partial charge in [-0.15, -0.1) is 0 Å². The predicted molar refractivity (Wildman–Crippen MR) is 80.4 cm³/mol. The number of benzene rings is 1. The molecule has 106 valence electrons. The van der Waals surface area contributed by atoms with Crippen LogP contribution in [-0.2, 0) is 0 Å². The topological polar surface area (TPSA) is 37.8 Å². The van der Waals surface area contributed by atoms with Gasteiger partial charge in [0.15, 0.2) is 0 Å². The van der Waals surface area contributed by atoms with Crippen molar-refractivity contribution in [2.24, 2.45) is 0 Å². The van der Waals surface area contributed by atoms with Crippen LogP contribution in [0.3, 0.4) is 0 Å². The van der Waals surface area contributed by atoms with Gasteiger partial charge in [0.05, 0.1) is 5.69 Å². The molecule has 0 aliphatic carbocycles. The molecule has 0 unspecified atom stereocenters. The van der Waals surface area contributed by atoms with Crippen molar-refractivity contribution in [2.45, 2.75) is 34.1 Å². The molecule has 3 nitrogen and oxygen atoms in total. The second-order valence-electron chi connectivity index (χ2n) is 4.93. The highest BCUT2D eigenvalue weighted by molar-refractivity contribution is 5.71. The van der Waals surface area contributed by atoms with Crippen molar-refractivity contribution in [3.8, 4) is 11.3 Å². The number of hydrogen-bond donors (Lipinski definition) is 1. The lowest BCUT2D eigenvalue weighted by molar-refractivity contribution is 0.619. The molecule has 0 saturated carbocycles. The van der Waals surface area contributed by atoms with E-state index in [0.717, 1.165) is 35.6 Å². The number of nitrogens with one attached hydrogen (secondary N) is 1. The van der Waals surface area contributed by atoms with Gasteiger partial charge in [-0.1, -0.05) is 19.1 Å². The van der Waals surface area contributed by atoms with Gasteiger partial charge in [0.2, 0.25) is 0 Å². The van der Waals surface area contributed by atoms with Gasteiger partial charge in [-0.3, -0.25) is 0 Å². The molecule has 0 atom stereocenters. The summed E-state index contributed by atoms with van der Waals surface area (Å²) < 4.78 is 13.7. The van der Waals surface area contributed by atoms with E-state index in [1.54, 1.807) is 13.0 Å². The molecule has 0 spiro atoms. The third-order valence-corrected chi connectivity index (χ3v) is 3.32. The maximum Gasteiger partial charge on any atom is 0.133 e. The molecule has 1 aromatic carbocycles. The molecule has 0 amide bonds. The third kappa shape index (κ3) is 2.79. The Labute approximate surface area is 119 Å². The van der Waals surface area contributed by atoms with Gasteiger partial charge in [-0.2, -0.15) is 0 Å². The van der Waals surface area contributed by atoms with Gasteiger partial charge < -0.3 is 5.32 Å². The molecule has 2 rings (SSSR count). The van der Waals surface area contributed by atoms with Gasteiger partial charge in [0.25, 0.3) is 0 Å². The minimum Gasteiger partial charge on any atom is -0.370 e. The summed E-state index contributed by atoms with van der Waals surface area (Å²) in [5.74, 6) is 1.31. The van der Waals surface area contributed by atoms with E-state index in [2.05, 4.69) is 22.2 Å². The van der Waals surface area contributed by atoms with Crippen molar-refractivity contribution in [3.63, 3.8) is 0 Å². The summed E-state index contributed by atoms with van der Waals surface area (Å²) in [7, 11) is 0. The number of anilines is 1. The molecule has 0 aliphatic heterocycles.